The minimum absolute atomic E-state index is 0.217. The van der Waals surface area contributed by atoms with Crippen molar-refractivity contribution in [1.29, 1.82) is 0 Å². The molecule has 3 rings (SSSR count). The number of carbonyl (C=O) groups is 1. The predicted molar refractivity (Wildman–Crippen MR) is 91.5 cm³/mol. The van der Waals surface area contributed by atoms with Crippen molar-refractivity contribution in [1.82, 2.24) is 0 Å². The van der Waals surface area contributed by atoms with Crippen molar-refractivity contribution in [2.24, 2.45) is 5.10 Å². The van der Waals surface area contributed by atoms with E-state index in [0.29, 0.717) is 27.0 Å². The second-order valence-electron chi connectivity index (χ2n) is 4.87. The van der Waals surface area contributed by atoms with Crippen LogP contribution in [-0.2, 0) is 4.79 Å². The van der Waals surface area contributed by atoms with Crippen LogP contribution in [-0.4, -0.2) is 11.6 Å². The Kier molecular flexibility index (Phi) is 4.01. The molecule has 0 aromatic heterocycles. The average Bonchev–Trinajstić information content (AvgIpc) is 2.79. The van der Waals surface area contributed by atoms with Gasteiger partial charge in [0.1, 0.15) is 0 Å². The van der Waals surface area contributed by atoms with E-state index in [1.54, 1.807) is 25.1 Å². The Morgan fingerprint density at radius 2 is 1.82 bits per heavy atom. The topological polar surface area (TPSA) is 32.7 Å². The zero-order valence-corrected chi connectivity index (χ0v) is 13.3. The maximum atomic E-state index is 12.6. The van der Waals surface area contributed by atoms with Crippen LogP contribution in [0.4, 0.5) is 5.69 Å². The Morgan fingerprint density at radius 3 is 2.55 bits per heavy atom. The van der Waals surface area contributed by atoms with Crippen molar-refractivity contribution in [3.63, 3.8) is 0 Å². The molecule has 2 aromatic carbocycles. The van der Waals surface area contributed by atoms with E-state index in [2.05, 4.69) is 5.10 Å². The first-order valence-corrected chi connectivity index (χ1v) is 7.43. The van der Waals surface area contributed by atoms with Crippen LogP contribution in [0, 0.1) is 0 Å². The number of hydrogen-bond donors (Lipinski definition) is 0. The zero-order valence-electron chi connectivity index (χ0n) is 11.8. The molecule has 0 saturated carbocycles. The van der Waals surface area contributed by atoms with E-state index in [-0.39, 0.29) is 5.91 Å². The van der Waals surface area contributed by atoms with Crippen LogP contribution < -0.4 is 5.01 Å². The molecule has 0 saturated heterocycles. The van der Waals surface area contributed by atoms with Crippen molar-refractivity contribution in [2.75, 3.05) is 5.01 Å². The fourth-order valence-corrected chi connectivity index (χ4v) is 2.58. The molecule has 1 aliphatic heterocycles. The number of rotatable bonds is 2. The van der Waals surface area contributed by atoms with Gasteiger partial charge in [0, 0.05) is 5.02 Å². The maximum Gasteiger partial charge on any atom is 0.280 e. The summed E-state index contributed by atoms with van der Waals surface area (Å²) in [5.74, 6) is -0.217. The summed E-state index contributed by atoms with van der Waals surface area (Å²) in [5, 5.41) is 6.53. The molecule has 0 unspecified atom stereocenters. The van der Waals surface area contributed by atoms with E-state index in [9.17, 15) is 4.79 Å². The molecular formula is C17H12Cl2N2O. The fraction of sp³-hybridized carbons (Fsp3) is 0.0588. The molecule has 0 bridgehead atoms. The number of hydrazone groups is 1. The van der Waals surface area contributed by atoms with Gasteiger partial charge in [-0.1, -0.05) is 53.5 Å². The first-order valence-electron chi connectivity index (χ1n) is 6.68. The van der Waals surface area contributed by atoms with Gasteiger partial charge in [0.05, 0.1) is 22.0 Å². The van der Waals surface area contributed by atoms with Gasteiger partial charge >= 0.3 is 0 Å². The van der Waals surface area contributed by atoms with Gasteiger partial charge < -0.3 is 0 Å². The van der Waals surface area contributed by atoms with E-state index < -0.39 is 0 Å². The van der Waals surface area contributed by atoms with Crippen LogP contribution in [0.1, 0.15) is 12.5 Å². The third-order valence-electron chi connectivity index (χ3n) is 3.31. The van der Waals surface area contributed by atoms with Crippen molar-refractivity contribution in [3.8, 4) is 0 Å². The highest BCUT2D eigenvalue weighted by atomic mass is 35.5. The molecule has 1 heterocycles. The summed E-state index contributed by atoms with van der Waals surface area (Å²) in [4.78, 5) is 12.6. The molecule has 0 spiro atoms. The van der Waals surface area contributed by atoms with Crippen molar-refractivity contribution >= 4 is 46.6 Å². The number of benzene rings is 2. The molecule has 0 aliphatic carbocycles. The highest BCUT2D eigenvalue weighted by Gasteiger charge is 2.30. The molecule has 5 heteroatoms. The van der Waals surface area contributed by atoms with Crippen LogP contribution in [0.15, 0.2) is 59.2 Å². The molecular weight excluding hydrogens is 319 g/mol. The van der Waals surface area contributed by atoms with Crippen LogP contribution in [0.3, 0.4) is 0 Å². The van der Waals surface area contributed by atoms with E-state index in [4.69, 9.17) is 23.2 Å². The molecule has 22 heavy (non-hydrogen) atoms. The predicted octanol–water partition coefficient (Wildman–Crippen LogP) is 4.80. The normalized spacial score (nSPS) is 16.3. The average molecular weight is 331 g/mol. The van der Waals surface area contributed by atoms with Gasteiger partial charge in [-0.25, -0.2) is 0 Å². The number of carbonyl (C=O) groups excluding carboxylic acids is 1. The lowest BCUT2D eigenvalue weighted by atomic mass is 10.1. The number of halogens is 2. The minimum Gasteiger partial charge on any atom is -0.267 e. The van der Waals surface area contributed by atoms with E-state index in [1.807, 2.05) is 36.4 Å². The lowest BCUT2D eigenvalue weighted by Gasteiger charge is -2.13. The smallest absolute Gasteiger partial charge is 0.267 e. The van der Waals surface area contributed by atoms with Crippen molar-refractivity contribution in [3.05, 3.63) is 69.7 Å². The zero-order chi connectivity index (χ0) is 15.7. The lowest BCUT2D eigenvalue weighted by Crippen LogP contribution is -2.21. The molecule has 1 aliphatic rings. The van der Waals surface area contributed by atoms with Gasteiger partial charge in [-0.05, 0) is 36.8 Å². The highest BCUT2D eigenvalue weighted by molar-refractivity contribution is 6.38. The standard InChI is InChI=1S/C17H12Cl2N2O/c1-11-14(9-12-5-3-2-4-6-12)17(22)21(20-11)16-10-13(18)7-8-15(16)19/h2-10H,1H3/b14-9+. The third-order valence-corrected chi connectivity index (χ3v) is 3.86. The Hall–Kier alpha value is -2.10. The van der Waals surface area contributed by atoms with Crippen LogP contribution in [0.2, 0.25) is 10.0 Å². The quantitative estimate of drug-likeness (QED) is 0.728. The van der Waals surface area contributed by atoms with Gasteiger partial charge in [-0.3, -0.25) is 4.79 Å². The van der Waals surface area contributed by atoms with Crippen molar-refractivity contribution in [2.45, 2.75) is 6.92 Å². The second-order valence-corrected chi connectivity index (χ2v) is 5.71. The number of anilines is 1. The van der Waals surface area contributed by atoms with E-state index in [1.165, 1.54) is 5.01 Å². The van der Waals surface area contributed by atoms with E-state index in [0.717, 1.165) is 5.56 Å². The molecule has 0 atom stereocenters. The number of nitrogens with zero attached hydrogens (tertiary/aromatic N) is 2. The van der Waals surface area contributed by atoms with Crippen LogP contribution in [0.5, 0.6) is 0 Å². The Bertz CT molecular complexity index is 798. The number of hydrogen-bond acceptors (Lipinski definition) is 2. The summed E-state index contributed by atoms with van der Waals surface area (Å²) < 4.78 is 0. The molecule has 110 valence electrons. The monoisotopic (exact) mass is 330 g/mol. The van der Waals surface area contributed by atoms with E-state index >= 15 is 0 Å². The highest BCUT2D eigenvalue weighted by Crippen LogP contribution is 2.33. The van der Waals surface area contributed by atoms with Gasteiger partial charge in [0.2, 0.25) is 0 Å². The first kappa shape index (κ1) is 14.8. The van der Waals surface area contributed by atoms with Crippen LogP contribution >= 0.6 is 23.2 Å². The summed E-state index contributed by atoms with van der Waals surface area (Å²) in [6.07, 6.45) is 1.82. The SMILES string of the molecule is CC1=NN(c2cc(Cl)ccc2Cl)C(=O)/C1=C/c1ccccc1. The summed E-state index contributed by atoms with van der Waals surface area (Å²) in [7, 11) is 0. The first-order chi connectivity index (χ1) is 10.6. The Morgan fingerprint density at radius 1 is 1.09 bits per heavy atom. The lowest BCUT2D eigenvalue weighted by molar-refractivity contribution is -0.114. The molecule has 0 fully saturated rings. The molecule has 0 radical (unpaired) electrons. The fourth-order valence-electron chi connectivity index (χ4n) is 2.21. The molecule has 3 nitrogen and oxygen atoms in total. The third kappa shape index (κ3) is 2.78. The van der Waals surface area contributed by atoms with Gasteiger partial charge in [0.15, 0.2) is 0 Å². The molecule has 2 aromatic rings. The maximum absolute atomic E-state index is 12.6. The summed E-state index contributed by atoms with van der Waals surface area (Å²) >= 11 is 12.1. The van der Waals surface area contributed by atoms with Gasteiger partial charge in [0.25, 0.3) is 5.91 Å². The van der Waals surface area contributed by atoms with Crippen molar-refractivity contribution < 1.29 is 4.79 Å². The Balaban J connectivity index is 2.00. The van der Waals surface area contributed by atoms with Gasteiger partial charge in [-0.15, -0.1) is 0 Å². The van der Waals surface area contributed by atoms with Gasteiger partial charge in [-0.2, -0.15) is 10.1 Å². The number of amides is 1. The van der Waals surface area contributed by atoms with Crippen LogP contribution in [0.25, 0.3) is 6.08 Å². The second kappa shape index (κ2) is 5.95. The summed E-state index contributed by atoms with van der Waals surface area (Å²) in [6.45, 7) is 1.80. The minimum atomic E-state index is -0.217. The summed E-state index contributed by atoms with van der Waals surface area (Å²) in [5.41, 5.74) is 2.61. The molecule has 0 N–H and O–H groups in total. The Labute approximate surface area is 138 Å². The largest absolute Gasteiger partial charge is 0.280 e. The summed E-state index contributed by atoms with van der Waals surface area (Å²) in [6, 6.07) is 14.6. The molecule has 1 amide bonds.